The highest BCUT2D eigenvalue weighted by Crippen LogP contribution is 2.30. The number of rotatable bonds is 11. The topological polar surface area (TPSA) is 86.8 Å². The van der Waals surface area contributed by atoms with Gasteiger partial charge in [-0.1, -0.05) is 66.0 Å². The Balaban J connectivity index is 2.13. The Morgan fingerprint density at radius 3 is 2.20 bits per heavy atom. The van der Waals surface area contributed by atoms with Gasteiger partial charge in [-0.2, -0.15) is 0 Å². The molecule has 2 amide bonds. The molecule has 0 aliphatic heterocycles. The largest absolute Gasteiger partial charge is 0.352 e. The van der Waals surface area contributed by atoms with Gasteiger partial charge in [-0.3, -0.25) is 13.9 Å². The first kappa shape index (κ1) is 32.4. The van der Waals surface area contributed by atoms with Crippen LogP contribution in [0.25, 0.3) is 0 Å². The predicted octanol–water partition coefficient (Wildman–Crippen LogP) is 6.45. The number of anilines is 1. The van der Waals surface area contributed by atoms with Crippen LogP contribution in [0.4, 0.5) is 5.69 Å². The third-order valence-electron chi connectivity index (χ3n) is 6.91. The maximum absolute atomic E-state index is 14.2. The Hall–Kier alpha value is -3.07. The normalized spacial score (nSPS) is 12.2. The van der Waals surface area contributed by atoms with Gasteiger partial charge < -0.3 is 10.2 Å². The van der Waals surface area contributed by atoms with Crippen molar-refractivity contribution in [1.29, 1.82) is 0 Å². The number of hydrogen-bond acceptors (Lipinski definition) is 4. The molecular formula is C31H37Cl2N3O4S. The summed E-state index contributed by atoms with van der Waals surface area (Å²) in [6.07, 6.45) is 0.309. The molecule has 0 fully saturated rings. The summed E-state index contributed by atoms with van der Waals surface area (Å²) in [7, 11) is -4.16. The zero-order valence-corrected chi connectivity index (χ0v) is 26.6. The van der Waals surface area contributed by atoms with Crippen molar-refractivity contribution < 1.29 is 18.0 Å². The average molecular weight is 619 g/mol. The summed E-state index contributed by atoms with van der Waals surface area (Å²) in [6.45, 7) is 10.5. The zero-order chi connectivity index (χ0) is 30.5. The average Bonchev–Trinajstić information content (AvgIpc) is 2.90. The van der Waals surface area contributed by atoms with Gasteiger partial charge in [0.15, 0.2) is 0 Å². The van der Waals surface area contributed by atoms with Crippen molar-refractivity contribution in [2.45, 2.75) is 71.5 Å². The number of amides is 2. The fourth-order valence-electron chi connectivity index (χ4n) is 4.49. The van der Waals surface area contributed by atoms with Gasteiger partial charge in [0.1, 0.15) is 12.6 Å². The molecule has 220 valence electrons. The maximum atomic E-state index is 14.2. The van der Waals surface area contributed by atoms with Gasteiger partial charge in [0.05, 0.1) is 10.6 Å². The molecule has 0 saturated heterocycles. The van der Waals surface area contributed by atoms with Crippen molar-refractivity contribution in [3.05, 3.63) is 93.0 Å². The van der Waals surface area contributed by atoms with Gasteiger partial charge in [0, 0.05) is 22.6 Å². The second-order valence-electron chi connectivity index (χ2n) is 10.4. The van der Waals surface area contributed by atoms with E-state index in [0.717, 1.165) is 21.0 Å². The molecule has 0 aliphatic carbocycles. The van der Waals surface area contributed by atoms with E-state index in [0.29, 0.717) is 27.7 Å². The summed E-state index contributed by atoms with van der Waals surface area (Å²) in [4.78, 5) is 28.9. The van der Waals surface area contributed by atoms with E-state index in [9.17, 15) is 18.0 Å². The molecule has 41 heavy (non-hydrogen) atoms. The van der Waals surface area contributed by atoms with Gasteiger partial charge >= 0.3 is 0 Å². The molecule has 10 heteroatoms. The van der Waals surface area contributed by atoms with E-state index in [2.05, 4.69) is 5.32 Å². The van der Waals surface area contributed by atoms with E-state index < -0.39 is 28.5 Å². The molecule has 3 aromatic carbocycles. The van der Waals surface area contributed by atoms with Gasteiger partial charge in [-0.15, -0.1) is 0 Å². The van der Waals surface area contributed by atoms with Crippen molar-refractivity contribution in [2.24, 2.45) is 0 Å². The van der Waals surface area contributed by atoms with Gasteiger partial charge in [0.2, 0.25) is 11.8 Å². The van der Waals surface area contributed by atoms with Crippen LogP contribution in [0, 0.1) is 20.8 Å². The lowest BCUT2D eigenvalue weighted by molar-refractivity contribution is -0.140. The maximum Gasteiger partial charge on any atom is 0.264 e. The molecule has 7 nitrogen and oxygen atoms in total. The van der Waals surface area contributed by atoms with Crippen molar-refractivity contribution in [2.75, 3.05) is 10.8 Å². The number of hydrogen-bond donors (Lipinski definition) is 1. The standard InChI is InChI=1S/C31H37Cl2N3O4S/c1-7-28(31(38)34-20(2)3)35(18-24-13-14-25(32)17-27(24)33)30(37)19-36(29-10-8-9-22(5)23(29)6)41(39,40)26-15-11-21(4)12-16-26/h8-17,20,28H,7,18-19H2,1-6H3,(H,34,38). The van der Waals surface area contributed by atoms with E-state index in [4.69, 9.17) is 23.2 Å². The number of aryl methyl sites for hydroxylation is 2. The number of nitrogens with one attached hydrogen (secondary N) is 1. The lowest BCUT2D eigenvalue weighted by atomic mass is 10.1. The van der Waals surface area contributed by atoms with Crippen molar-refractivity contribution in [3.63, 3.8) is 0 Å². The quantitative estimate of drug-likeness (QED) is 0.268. The first-order chi connectivity index (χ1) is 19.3. The Labute approximate surface area is 253 Å². The SMILES string of the molecule is CCC(C(=O)NC(C)C)N(Cc1ccc(Cl)cc1Cl)C(=O)CN(c1cccc(C)c1C)S(=O)(=O)c1ccc(C)cc1. The minimum absolute atomic E-state index is 0.00984. The third kappa shape index (κ3) is 7.82. The molecule has 1 atom stereocenters. The summed E-state index contributed by atoms with van der Waals surface area (Å²) in [5.41, 5.74) is 3.49. The second-order valence-corrected chi connectivity index (χ2v) is 13.1. The number of halogens is 2. The zero-order valence-electron chi connectivity index (χ0n) is 24.2. The van der Waals surface area contributed by atoms with Crippen LogP contribution < -0.4 is 9.62 Å². The van der Waals surface area contributed by atoms with Crippen molar-refractivity contribution in [3.8, 4) is 0 Å². The lowest BCUT2D eigenvalue weighted by Gasteiger charge is -2.34. The number of benzene rings is 3. The lowest BCUT2D eigenvalue weighted by Crippen LogP contribution is -2.53. The molecular weight excluding hydrogens is 581 g/mol. The first-order valence-electron chi connectivity index (χ1n) is 13.5. The number of sulfonamides is 1. The first-order valence-corrected chi connectivity index (χ1v) is 15.6. The number of carbonyl (C=O) groups excluding carboxylic acids is 2. The fourth-order valence-corrected chi connectivity index (χ4v) is 6.43. The number of nitrogens with zero attached hydrogens (tertiary/aromatic N) is 2. The van der Waals surface area contributed by atoms with Gasteiger partial charge in [-0.05, 0) is 88.1 Å². The van der Waals surface area contributed by atoms with E-state index in [1.54, 1.807) is 49.4 Å². The van der Waals surface area contributed by atoms with Crippen LogP contribution in [0.1, 0.15) is 49.4 Å². The highest BCUT2D eigenvalue weighted by molar-refractivity contribution is 7.92. The molecule has 3 rings (SSSR count). The van der Waals surface area contributed by atoms with E-state index in [-0.39, 0.29) is 23.4 Å². The summed E-state index contributed by atoms with van der Waals surface area (Å²) >= 11 is 12.6. The highest BCUT2D eigenvalue weighted by atomic mass is 35.5. The predicted molar refractivity (Wildman–Crippen MR) is 166 cm³/mol. The van der Waals surface area contributed by atoms with Crippen LogP contribution in [-0.4, -0.2) is 43.8 Å². The monoisotopic (exact) mass is 617 g/mol. The molecule has 0 aliphatic rings. The van der Waals surface area contributed by atoms with Crippen LogP contribution in [-0.2, 0) is 26.2 Å². The summed E-state index contributed by atoms with van der Waals surface area (Å²) in [5, 5.41) is 3.66. The Kier molecular flexibility index (Phi) is 10.9. The minimum Gasteiger partial charge on any atom is -0.352 e. The number of carbonyl (C=O) groups is 2. The highest BCUT2D eigenvalue weighted by Gasteiger charge is 2.34. The van der Waals surface area contributed by atoms with Crippen LogP contribution in [0.2, 0.25) is 10.0 Å². The molecule has 1 N–H and O–H groups in total. The van der Waals surface area contributed by atoms with Gasteiger partial charge in [0.25, 0.3) is 10.0 Å². The molecule has 0 radical (unpaired) electrons. The molecule has 1 unspecified atom stereocenters. The van der Waals surface area contributed by atoms with E-state index in [1.165, 1.54) is 17.0 Å². The Morgan fingerprint density at radius 1 is 0.951 bits per heavy atom. The van der Waals surface area contributed by atoms with Crippen molar-refractivity contribution >= 4 is 50.7 Å². The molecule has 0 saturated carbocycles. The summed E-state index contributed by atoms with van der Waals surface area (Å²) in [6, 6.07) is 15.7. The van der Waals surface area contributed by atoms with Crippen LogP contribution in [0.15, 0.2) is 65.6 Å². The Morgan fingerprint density at radius 2 is 1.61 bits per heavy atom. The molecule has 0 spiro atoms. The van der Waals surface area contributed by atoms with E-state index in [1.807, 2.05) is 40.7 Å². The van der Waals surface area contributed by atoms with E-state index >= 15 is 0 Å². The van der Waals surface area contributed by atoms with Crippen LogP contribution in [0.3, 0.4) is 0 Å². The summed E-state index contributed by atoms with van der Waals surface area (Å²) < 4.78 is 29.3. The smallest absolute Gasteiger partial charge is 0.264 e. The second kappa shape index (κ2) is 13.7. The minimum atomic E-state index is -4.16. The van der Waals surface area contributed by atoms with Gasteiger partial charge in [-0.25, -0.2) is 8.42 Å². The van der Waals surface area contributed by atoms with Crippen LogP contribution >= 0.6 is 23.2 Å². The van der Waals surface area contributed by atoms with Crippen LogP contribution in [0.5, 0.6) is 0 Å². The summed E-state index contributed by atoms with van der Waals surface area (Å²) in [5.74, 6) is -0.876. The molecule has 0 aromatic heterocycles. The Bertz CT molecular complexity index is 1510. The van der Waals surface area contributed by atoms with Crippen molar-refractivity contribution in [1.82, 2.24) is 10.2 Å². The molecule has 3 aromatic rings. The molecule has 0 heterocycles. The third-order valence-corrected chi connectivity index (χ3v) is 9.27. The molecule has 0 bridgehead atoms. The fraction of sp³-hybridized carbons (Fsp3) is 0.355.